The van der Waals surface area contributed by atoms with Crippen LogP contribution in [0.25, 0.3) is 65.3 Å². The van der Waals surface area contributed by atoms with Crippen LogP contribution in [0.2, 0.25) is 0 Å². The Balaban J connectivity index is 1.41. The van der Waals surface area contributed by atoms with Gasteiger partial charge < -0.3 is 0 Å². The van der Waals surface area contributed by atoms with Crippen molar-refractivity contribution in [2.45, 2.75) is 97.8 Å². The first-order valence-electron chi connectivity index (χ1n) is 19.6. The van der Waals surface area contributed by atoms with Gasteiger partial charge in [-0.2, -0.15) is 0 Å². The quantitative estimate of drug-likeness (QED) is 0.0965. The van der Waals surface area contributed by atoms with E-state index in [2.05, 4.69) is 148 Å². The van der Waals surface area contributed by atoms with Crippen molar-refractivity contribution in [1.82, 2.24) is 0 Å². The topological polar surface area (TPSA) is 0 Å². The van der Waals surface area contributed by atoms with Crippen molar-refractivity contribution in [1.29, 1.82) is 0 Å². The van der Waals surface area contributed by atoms with E-state index in [1.54, 1.807) is 0 Å². The number of fused-ring (bicyclic) bond motifs is 4. The van der Waals surface area contributed by atoms with Crippen LogP contribution in [0.4, 0.5) is 0 Å². The Labute approximate surface area is 300 Å². The molecule has 0 amide bonds. The third-order valence-electron chi connectivity index (χ3n) is 11.6. The van der Waals surface area contributed by atoms with Gasteiger partial charge in [-0.25, -0.2) is 0 Å². The molecule has 0 bridgehead atoms. The van der Waals surface area contributed by atoms with E-state index in [9.17, 15) is 0 Å². The standard InChI is InChI=1S/C50H54/c1-4-7-32-50(33-8-5-2,34-9-6-3)35-18-19-37-30-31-46-47(36-37)49(43-29-17-23-39-21-11-13-25-41(39)43)45-27-15-14-26-44(45)48(46)42-28-16-22-38-20-10-12-24-40(38)42/h10-17,20-31,36H,4-9,18-19,32-35H2,1-3H3. The predicted octanol–water partition coefficient (Wildman–Crippen LogP) is 15.5. The molecule has 0 fully saturated rings. The van der Waals surface area contributed by atoms with Gasteiger partial charge in [-0.3, -0.25) is 0 Å². The first-order valence-corrected chi connectivity index (χ1v) is 19.6. The molecule has 0 radical (unpaired) electrons. The predicted molar refractivity (Wildman–Crippen MR) is 221 cm³/mol. The molecule has 0 atom stereocenters. The maximum absolute atomic E-state index is 2.57. The van der Waals surface area contributed by atoms with Gasteiger partial charge in [0, 0.05) is 0 Å². The minimum Gasteiger partial charge on any atom is -0.0654 e. The van der Waals surface area contributed by atoms with Gasteiger partial charge in [0.2, 0.25) is 0 Å². The third-order valence-corrected chi connectivity index (χ3v) is 11.6. The first kappa shape index (κ1) is 34.0. The highest BCUT2D eigenvalue weighted by molar-refractivity contribution is 6.25. The van der Waals surface area contributed by atoms with Crippen LogP contribution >= 0.6 is 0 Å². The molecule has 0 heteroatoms. The van der Waals surface area contributed by atoms with Gasteiger partial charge >= 0.3 is 0 Å². The molecule has 0 aromatic heterocycles. The van der Waals surface area contributed by atoms with Crippen molar-refractivity contribution in [3.05, 3.63) is 133 Å². The summed E-state index contributed by atoms with van der Waals surface area (Å²) in [5.41, 5.74) is 7.32. The van der Waals surface area contributed by atoms with E-state index in [4.69, 9.17) is 0 Å². The smallest absolute Gasteiger partial charge is 0.00200 e. The Kier molecular flexibility index (Phi) is 10.6. The van der Waals surface area contributed by atoms with Gasteiger partial charge in [0.15, 0.2) is 0 Å². The lowest BCUT2D eigenvalue weighted by molar-refractivity contribution is 0.178. The van der Waals surface area contributed by atoms with E-state index in [1.165, 1.54) is 142 Å². The van der Waals surface area contributed by atoms with Gasteiger partial charge in [-0.15, -0.1) is 0 Å². The lowest BCUT2D eigenvalue weighted by Gasteiger charge is -2.35. The van der Waals surface area contributed by atoms with Crippen LogP contribution in [0.1, 0.15) is 97.0 Å². The summed E-state index contributed by atoms with van der Waals surface area (Å²) in [6.45, 7) is 7.09. The summed E-state index contributed by atoms with van der Waals surface area (Å²) in [4.78, 5) is 0. The largest absolute Gasteiger partial charge is 0.0654 e. The van der Waals surface area contributed by atoms with Crippen LogP contribution in [0, 0.1) is 5.41 Å². The van der Waals surface area contributed by atoms with E-state index in [0.717, 1.165) is 6.42 Å². The summed E-state index contributed by atoms with van der Waals surface area (Å²) >= 11 is 0. The zero-order valence-electron chi connectivity index (χ0n) is 30.6. The zero-order valence-corrected chi connectivity index (χ0v) is 30.6. The molecule has 0 saturated carbocycles. The van der Waals surface area contributed by atoms with Crippen LogP contribution in [-0.4, -0.2) is 0 Å². The van der Waals surface area contributed by atoms with Crippen molar-refractivity contribution < 1.29 is 0 Å². The molecule has 254 valence electrons. The van der Waals surface area contributed by atoms with Crippen LogP contribution in [0.3, 0.4) is 0 Å². The average molecular weight is 655 g/mol. The normalized spacial score (nSPS) is 12.1. The van der Waals surface area contributed by atoms with Crippen LogP contribution < -0.4 is 0 Å². The zero-order chi connectivity index (χ0) is 34.3. The summed E-state index contributed by atoms with van der Waals surface area (Å²) in [5, 5.41) is 10.6. The van der Waals surface area contributed by atoms with E-state index in [0.29, 0.717) is 5.41 Å². The van der Waals surface area contributed by atoms with E-state index >= 15 is 0 Å². The molecule has 7 rings (SSSR count). The molecule has 0 heterocycles. The molecule has 0 spiro atoms. The summed E-state index contributed by atoms with van der Waals surface area (Å²) in [5.74, 6) is 0. The number of hydrogen-bond donors (Lipinski definition) is 0. The fourth-order valence-corrected chi connectivity index (χ4v) is 8.92. The van der Waals surface area contributed by atoms with Crippen molar-refractivity contribution in [3.8, 4) is 22.3 Å². The second-order valence-electron chi connectivity index (χ2n) is 14.9. The highest BCUT2D eigenvalue weighted by Crippen LogP contribution is 2.47. The minimum atomic E-state index is 0.505. The van der Waals surface area contributed by atoms with E-state index in [-0.39, 0.29) is 0 Å². The molecule has 0 unspecified atom stereocenters. The molecular formula is C50H54. The molecule has 7 aromatic carbocycles. The lowest BCUT2D eigenvalue weighted by Crippen LogP contribution is -2.21. The second kappa shape index (κ2) is 15.6. The first-order chi connectivity index (χ1) is 24.7. The minimum absolute atomic E-state index is 0.505. The van der Waals surface area contributed by atoms with Crippen LogP contribution in [0.5, 0.6) is 0 Å². The Morgan fingerprint density at radius 3 is 1.32 bits per heavy atom. The monoisotopic (exact) mass is 654 g/mol. The second-order valence-corrected chi connectivity index (χ2v) is 14.9. The Hall–Kier alpha value is -4.42. The maximum Gasteiger partial charge on any atom is -0.00200 e. The van der Waals surface area contributed by atoms with Gasteiger partial charge in [0.25, 0.3) is 0 Å². The summed E-state index contributed by atoms with van der Waals surface area (Å²) in [6.07, 6.45) is 15.9. The fourth-order valence-electron chi connectivity index (χ4n) is 8.92. The Morgan fingerprint density at radius 2 is 0.800 bits per heavy atom. The summed E-state index contributed by atoms with van der Waals surface area (Å²) < 4.78 is 0. The van der Waals surface area contributed by atoms with Gasteiger partial charge in [-0.05, 0) is 115 Å². The van der Waals surface area contributed by atoms with Crippen molar-refractivity contribution in [2.75, 3.05) is 0 Å². The lowest BCUT2D eigenvalue weighted by atomic mass is 9.71. The average Bonchev–Trinajstić information content (AvgIpc) is 3.17. The molecule has 50 heavy (non-hydrogen) atoms. The van der Waals surface area contributed by atoms with Crippen LogP contribution in [-0.2, 0) is 6.42 Å². The van der Waals surface area contributed by atoms with Crippen molar-refractivity contribution in [3.63, 3.8) is 0 Å². The Morgan fingerprint density at radius 1 is 0.380 bits per heavy atom. The molecule has 0 aliphatic rings. The van der Waals surface area contributed by atoms with Crippen LogP contribution in [0.15, 0.2) is 127 Å². The van der Waals surface area contributed by atoms with Crippen molar-refractivity contribution in [2.24, 2.45) is 5.41 Å². The van der Waals surface area contributed by atoms with Gasteiger partial charge in [0.05, 0.1) is 0 Å². The molecule has 0 saturated heterocycles. The highest BCUT2D eigenvalue weighted by Gasteiger charge is 2.28. The fraction of sp³-hybridized carbons (Fsp3) is 0.320. The SMILES string of the molecule is CCCCC(CCCC)(CCCC)CCCc1ccc2c(-c3cccc4ccccc34)c3ccccc3c(-c3cccc4ccccc34)c2c1. The van der Waals surface area contributed by atoms with Crippen molar-refractivity contribution >= 4 is 43.1 Å². The molecule has 0 nitrogen and oxygen atoms in total. The molecular weight excluding hydrogens is 601 g/mol. The van der Waals surface area contributed by atoms with E-state index < -0.39 is 0 Å². The maximum atomic E-state index is 2.57. The van der Waals surface area contributed by atoms with E-state index in [1.807, 2.05) is 0 Å². The Bertz CT molecular complexity index is 2180. The van der Waals surface area contributed by atoms with Gasteiger partial charge in [-0.1, -0.05) is 187 Å². The number of hydrogen-bond acceptors (Lipinski definition) is 0. The highest BCUT2D eigenvalue weighted by atomic mass is 14.3. The summed E-state index contributed by atoms with van der Waals surface area (Å²) in [7, 11) is 0. The number of aryl methyl sites for hydroxylation is 1. The molecule has 0 N–H and O–H groups in total. The molecule has 0 aliphatic carbocycles. The number of rotatable bonds is 15. The third kappa shape index (κ3) is 6.83. The molecule has 0 aliphatic heterocycles. The molecule has 7 aromatic rings. The number of benzene rings is 7. The number of unbranched alkanes of at least 4 members (excludes halogenated alkanes) is 3. The summed E-state index contributed by atoms with van der Waals surface area (Å²) in [6, 6.07) is 48.0. The van der Waals surface area contributed by atoms with Gasteiger partial charge in [0.1, 0.15) is 0 Å².